The van der Waals surface area contributed by atoms with Gasteiger partial charge in [0.15, 0.2) is 10.7 Å². The highest BCUT2D eigenvalue weighted by Gasteiger charge is 2.52. The lowest BCUT2D eigenvalue weighted by Crippen LogP contribution is -2.49. The topological polar surface area (TPSA) is 102 Å². The molecule has 0 aromatic heterocycles. The third-order valence-electron chi connectivity index (χ3n) is 6.89. The van der Waals surface area contributed by atoms with E-state index < -0.39 is 16.9 Å². The summed E-state index contributed by atoms with van der Waals surface area (Å²) in [4.78, 5) is 50.1. The monoisotopic (exact) mass is 476 g/mol. The molecular weight excluding hydrogens is 440 g/mol. The number of carbonyl (C=O) groups is 3. The molecule has 1 N–H and O–H groups in total. The molecule has 0 unspecified atom stereocenters. The van der Waals surface area contributed by atoms with Gasteiger partial charge in [0.1, 0.15) is 0 Å². The number of hydrogen-bond acceptors (Lipinski definition) is 7. The maximum atomic E-state index is 13.6. The molecule has 1 amide bonds. The first kappa shape index (κ1) is 27.0. The van der Waals surface area contributed by atoms with Gasteiger partial charge in [0, 0.05) is 16.5 Å². The van der Waals surface area contributed by atoms with Crippen LogP contribution in [0.3, 0.4) is 0 Å². The SMILES string of the molecule is CCC(CC)CC1(C(=O)Nc2ccc(SC(=O)C(C)C)cc2)CCC(N=O)(C(=O)OC)CC1. The van der Waals surface area contributed by atoms with Crippen molar-refractivity contribution < 1.29 is 19.1 Å². The molecule has 1 aliphatic rings. The average molecular weight is 477 g/mol. The number of nitrogens with one attached hydrogen (secondary N) is 1. The van der Waals surface area contributed by atoms with Crippen molar-refractivity contribution in [2.75, 3.05) is 12.4 Å². The van der Waals surface area contributed by atoms with Crippen molar-refractivity contribution in [3.63, 3.8) is 0 Å². The second-order valence-electron chi connectivity index (χ2n) is 9.34. The molecular formula is C25H36N2O5S. The molecule has 0 heterocycles. The lowest BCUT2D eigenvalue weighted by Gasteiger charge is -2.42. The molecule has 1 saturated carbocycles. The summed E-state index contributed by atoms with van der Waals surface area (Å²) >= 11 is 1.19. The van der Waals surface area contributed by atoms with Crippen LogP contribution >= 0.6 is 11.8 Å². The number of thioether (sulfide) groups is 1. The molecule has 7 nitrogen and oxygen atoms in total. The van der Waals surface area contributed by atoms with Gasteiger partial charge >= 0.3 is 5.97 Å². The Hall–Kier alpha value is -2.22. The summed E-state index contributed by atoms with van der Waals surface area (Å²) < 4.78 is 4.83. The normalized spacial score (nSPS) is 22.8. The Labute approximate surface area is 200 Å². The van der Waals surface area contributed by atoms with Crippen molar-refractivity contribution in [3.05, 3.63) is 29.2 Å². The van der Waals surface area contributed by atoms with Crippen LogP contribution in [0, 0.1) is 22.2 Å². The average Bonchev–Trinajstić information content (AvgIpc) is 2.83. The maximum absolute atomic E-state index is 13.6. The lowest BCUT2D eigenvalue weighted by atomic mass is 9.63. The Morgan fingerprint density at radius 3 is 2.09 bits per heavy atom. The second kappa shape index (κ2) is 11.8. The van der Waals surface area contributed by atoms with Crippen LogP contribution in [0.5, 0.6) is 0 Å². The molecule has 182 valence electrons. The van der Waals surface area contributed by atoms with Crippen molar-refractivity contribution >= 4 is 34.4 Å². The Bertz CT molecular complexity index is 841. The van der Waals surface area contributed by atoms with E-state index in [4.69, 9.17) is 4.74 Å². The van der Waals surface area contributed by atoms with Gasteiger partial charge in [0.25, 0.3) is 0 Å². The van der Waals surface area contributed by atoms with E-state index in [0.29, 0.717) is 30.9 Å². The highest BCUT2D eigenvalue weighted by molar-refractivity contribution is 8.13. The van der Waals surface area contributed by atoms with Crippen LogP contribution in [-0.4, -0.2) is 29.6 Å². The number of carbonyl (C=O) groups excluding carboxylic acids is 3. The second-order valence-corrected chi connectivity index (χ2v) is 10.4. The zero-order chi connectivity index (χ0) is 24.6. The summed E-state index contributed by atoms with van der Waals surface area (Å²) in [6.45, 7) is 7.96. The van der Waals surface area contributed by atoms with Crippen molar-refractivity contribution in [2.24, 2.45) is 22.4 Å². The summed E-state index contributed by atoms with van der Waals surface area (Å²) in [5.74, 6) is -0.412. The van der Waals surface area contributed by atoms with Crippen molar-refractivity contribution in [3.8, 4) is 0 Å². The van der Waals surface area contributed by atoms with Gasteiger partial charge < -0.3 is 10.1 Å². The smallest absolute Gasteiger partial charge is 0.337 e. The number of nitroso groups, excluding NO2 is 1. The minimum absolute atomic E-state index is 0.0522. The van der Waals surface area contributed by atoms with E-state index >= 15 is 0 Å². The summed E-state index contributed by atoms with van der Waals surface area (Å²) in [5, 5.41) is 6.27. The Kier molecular flexibility index (Phi) is 9.64. The molecule has 33 heavy (non-hydrogen) atoms. The van der Waals surface area contributed by atoms with E-state index in [0.717, 1.165) is 17.7 Å². The molecule has 0 radical (unpaired) electrons. The van der Waals surface area contributed by atoms with Gasteiger partial charge in [-0.3, -0.25) is 9.59 Å². The van der Waals surface area contributed by atoms with Crippen molar-refractivity contribution in [2.45, 2.75) is 83.1 Å². The molecule has 0 bridgehead atoms. The predicted molar refractivity (Wildman–Crippen MR) is 131 cm³/mol. The van der Waals surface area contributed by atoms with Crippen molar-refractivity contribution in [1.82, 2.24) is 0 Å². The van der Waals surface area contributed by atoms with Gasteiger partial charge in [-0.25, -0.2) is 4.79 Å². The van der Waals surface area contributed by atoms with Gasteiger partial charge in [-0.2, -0.15) is 0 Å². The highest BCUT2D eigenvalue weighted by atomic mass is 32.2. The molecule has 0 spiro atoms. The molecule has 0 saturated heterocycles. The lowest BCUT2D eigenvalue weighted by molar-refractivity contribution is -0.151. The zero-order valence-electron chi connectivity index (χ0n) is 20.3. The van der Waals surface area contributed by atoms with Gasteiger partial charge in [-0.15, -0.1) is 4.91 Å². The number of nitrogens with zero attached hydrogens (tertiary/aromatic N) is 1. The fourth-order valence-corrected chi connectivity index (χ4v) is 5.16. The molecule has 1 fully saturated rings. The molecule has 1 aromatic rings. The number of methoxy groups -OCH3 is 1. The van der Waals surface area contributed by atoms with Crippen LogP contribution in [0.4, 0.5) is 5.69 Å². The van der Waals surface area contributed by atoms with E-state index in [1.165, 1.54) is 18.9 Å². The fraction of sp³-hybridized carbons (Fsp3) is 0.640. The third kappa shape index (κ3) is 6.43. The minimum Gasteiger partial charge on any atom is -0.467 e. The quantitative estimate of drug-likeness (QED) is 0.254. The van der Waals surface area contributed by atoms with Crippen LogP contribution in [0.15, 0.2) is 34.3 Å². The number of hydrogen-bond donors (Lipinski definition) is 1. The van der Waals surface area contributed by atoms with Crippen molar-refractivity contribution in [1.29, 1.82) is 0 Å². The fourth-order valence-electron chi connectivity index (χ4n) is 4.42. The van der Waals surface area contributed by atoms with E-state index in [-0.39, 0.29) is 29.8 Å². The molecule has 1 aliphatic carbocycles. The number of ether oxygens (including phenoxy) is 1. The summed E-state index contributed by atoms with van der Waals surface area (Å²) in [5.41, 5.74) is -1.43. The van der Waals surface area contributed by atoms with Gasteiger partial charge in [0.05, 0.1) is 12.5 Å². The standard InChI is InChI=1S/C25H36N2O5S/c1-6-18(7-2)16-24(12-14-25(27-31,15-13-24)23(30)32-5)22(29)26-19-8-10-20(11-9-19)33-21(28)17(3)4/h8-11,17-18H,6-7,12-16H2,1-5H3,(H,26,29). The Morgan fingerprint density at radius 1 is 1.06 bits per heavy atom. The summed E-state index contributed by atoms with van der Waals surface area (Å²) in [6.07, 6.45) is 3.79. The van der Waals surface area contributed by atoms with E-state index in [2.05, 4.69) is 24.3 Å². The Balaban J connectivity index is 2.21. The molecule has 0 aliphatic heterocycles. The number of anilines is 1. The van der Waals surface area contributed by atoms with Crippen LogP contribution in [0.1, 0.15) is 72.6 Å². The summed E-state index contributed by atoms with van der Waals surface area (Å²) in [7, 11) is 1.25. The molecule has 1 aromatic carbocycles. The van der Waals surface area contributed by atoms with E-state index in [1.807, 2.05) is 26.0 Å². The largest absolute Gasteiger partial charge is 0.467 e. The minimum atomic E-state index is -1.41. The number of amides is 1. The molecule has 8 heteroatoms. The van der Waals surface area contributed by atoms with Crippen LogP contribution in [0.25, 0.3) is 0 Å². The number of rotatable bonds is 10. The van der Waals surface area contributed by atoms with Crippen LogP contribution in [0.2, 0.25) is 0 Å². The highest BCUT2D eigenvalue weighted by Crippen LogP contribution is 2.48. The predicted octanol–water partition coefficient (Wildman–Crippen LogP) is 5.96. The van der Waals surface area contributed by atoms with Gasteiger partial charge in [-0.05, 0) is 62.3 Å². The number of benzene rings is 1. The molecule has 2 rings (SSSR count). The van der Waals surface area contributed by atoms with Crippen LogP contribution in [-0.2, 0) is 19.1 Å². The Morgan fingerprint density at radius 2 is 1.64 bits per heavy atom. The first-order chi connectivity index (χ1) is 15.6. The van der Waals surface area contributed by atoms with Gasteiger partial charge in [0.2, 0.25) is 5.91 Å². The zero-order valence-corrected chi connectivity index (χ0v) is 21.1. The van der Waals surface area contributed by atoms with E-state index in [9.17, 15) is 19.3 Å². The molecule has 0 atom stereocenters. The van der Waals surface area contributed by atoms with E-state index in [1.54, 1.807) is 12.1 Å². The first-order valence-electron chi connectivity index (χ1n) is 11.7. The summed E-state index contributed by atoms with van der Waals surface area (Å²) in [6, 6.07) is 7.25. The number of esters is 1. The third-order valence-corrected chi connectivity index (χ3v) is 8.07. The van der Waals surface area contributed by atoms with Crippen LogP contribution < -0.4 is 5.32 Å². The van der Waals surface area contributed by atoms with Gasteiger partial charge in [-0.1, -0.05) is 57.5 Å². The maximum Gasteiger partial charge on any atom is 0.337 e. The first-order valence-corrected chi connectivity index (χ1v) is 12.5.